The van der Waals surface area contributed by atoms with Crippen LogP contribution >= 0.6 is 0 Å². The summed E-state index contributed by atoms with van der Waals surface area (Å²) < 4.78 is 0. The molecule has 1 heterocycles. The molecule has 0 saturated carbocycles. The fourth-order valence-corrected chi connectivity index (χ4v) is 0.694. The van der Waals surface area contributed by atoms with Gasteiger partial charge in [0.1, 0.15) is 5.66 Å². The molecule has 0 bridgehead atoms. The molecule has 0 radical (unpaired) electrons. The number of rotatable bonds is 0. The quantitative estimate of drug-likeness (QED) is 0.471. The highest BCUT2D eigenvalue weighted by molar-refractivity contribution is 5.60. The Bertz CT molecular complexity index is 94.3. The van der Waals surface area contributed by atoms with Gasteiger partial charge >= 0.3 is 0 Å². The summed E-state index contributed by atoms with van der Waals surface area (Å²) in [7, 11) is 0. The van der Waals surface area contributed by atoms with E-state index in [-0.39, 0.29) is 5.66 Å². The SMILES string of the molecule is CC1(N)CCC=N1. The molecule has 0 fully saturated rings. The van der Waals surface area contributed by atoms with Crippen LogP contribution in [0.25, 0.3) is 0 Å². The first-order chi connectivity index (χ1) is 3.21. The van der Waals surface area contributed by atoms with Crippen molar-refractivity contribution >= 4 is 6.21 Å². The molecule has 1 unspecified atom stereocenters. The zero-order valence-electron chi connectivity index (χ0n) is 4.52. The van der Waals surface area contributed by atoms with E-state index in [4.69, 9.17) is 5.73 Å². The largest absolute Gasteiger partial charge is 0.307 e. The summed E-state index contributed by atoms with van der Waals surface area (Å²) in [5, 5.41) is 0. The van der Waals surface area contributed by atoms with Gasteiger partial charge in [-0.25, -0.2) is 0 Å². The molecule has 0 amide bonds. The van der Waals surface area contributed by atoms with Gasteiger partial charge in [0.25, 0.3) is 0 Å². The summed E-state index contributed by atoms with van der Waals surface area (Å²) in [6.45, 7) is 1.94. The summed E-state index contributed by atoms with van der Waals surface area (Å²) in [5.74, 6) is 0. The highest BCUT2D eigenvalue weighted by atomic mass is 15.0. The predicted molar refractivity (Wildman–Crippen MR) is 30.3 cm³/mol. The Hall–Kier alpha value is -0.370. The lowest BCUT2D eigenvalue weighted by atomic mass is 10.2. The third-order valence-corrected chi connectivity index (χ3v) is 1.17. The molecular formula is C5H10N2. The minimum Gasteiger partial charge on any atom is -0.307 e. The van der Waals surface area contributed by atoms with Crippen molar-refractivity contribution in [3.05, 3.63) is 0 Å². The molecule has 2 N–H and O–H groups in total. The van der Waals surface area contributed by atoms with E-state index < -0.39 is 0 Å². The van der Waals surface area contributed by atoms with E-state index in [1.54, 1.807) is 0 Å². The number of nitrogens with zero attached hydrogens (tertiary/aromatic N) is 1. The van der Waals surface area contributed by atoms with E-state index in [0.717, 1.165) is 12.8 Å². The second kappa shape index (κ2) is 1.30. The van der Waals surface area contributed by atoms with Crippen LogP contribution in [0.1, 0.15) is 19.8 Å². The van der Waals surface area contributed by atoms with Crippen molar-refractivity contribution in [2.75, 3.05) is 0 Å². The van der Waals surface area contributed by atoms with Gasteiger partial charge in [-0.3, -0.25) is 4.99 Å². The molecule has 0 saturated heterocycles. The Kier molecular flexibility index (Phi) is 0.889. The van der Waals surface area contributed by atoms with Crippen LogP contribution in [0.3, 0.4) is 0 Å². The molecular weight excluding hydrogens is 88.1 g/mol. The average molecular weight is 98.1 g/mol. The van der Waals surface area contributed by atoms with Crippen LogP contribution < -0.4 is 5.73 Å². The third kappa shape index (κ3) is 0.996. The first-order valence-electron chi connectivity index (χ1n) is 2.53. The first-order valence-corrected chi connectivity index (χ1v) is 2.53. The molecule has 40 valence electrons. The van der Waals surface area contributed by atoms with Gasteiger partial charge in [-0.15, -0.1) is 0 Å². The van der Waals surface area contributed by atoms with Crippen LogP contribution in [0.2, 0.25) is 0 Å². The lowest BCUT2D eigenvalue weighted by molar-refractivity contribution is 0.493. The van der Waals surface area contributed by atoms with Crippen LogP contribution in [0, 0.1) is 0 Å². The minimum absolute atomic E-state index is 0.236. The standard InChI is InChI=1S/C5H10N2/c1-5(6)3-2-4-7-5/h4H,2-3,6H2,1H3. The summed E-state index contributed by atoms with van der Waals surface area (Å²) in [6.07, 6.45) is 3.94. The summed E-state index contributed by atoms with van der Waals surface area (Å²) >= 11 is 0. The van der Waals surface area contributed by atoms with E-state index in [1.165, 1.54) is 0 Å². The predicted octanol–water partition coefficient (Wildman–Crippen LogP) is 0.526. The molecule has 1 atom stereocenters. The molecule has 2 heteroatoms. The maximum absolute atomic E-state index is 5.58. The van der Waals surface area contributed by atoms with Gasteiger partial charge in [0, 0.05) is 6.21 Å². The lowest BCUT2D eigenvalue weighted by Crippen LogP contribution is -2.30. The summed E-state index contributed by atoms with van der Waals surface area (Å²) in [4.78, 5) is 4.02. The van der Waals surface area contributed by atoms with Gasteiger partial charge in [-0.05, 0) is 19.8 Å². The highest BCUT2D eigenvalue weighted by Crippen LogP contribution is 2.14. The molecule has 1 aliphatic heterocycles. The highest BCUT2D eigenvalue weighted by Gasteiger charge is 2.18. The molecule has 0 aromatic rings. The van der Waals surface area contributed by atoms with Crippen molar-refractivity contribution in [1.82, 2.24) is 0 Å². The summed E-state index contributed by atoms with van der Waals surface area (Å²) in [6, 6.07) is 0. The Labute approximate surface area is 43.4 Å². The van der Waals surface area contributed by atoms with Crippen molar-refractivity contribution in [3.8, 4) is 0 Å². The number of aliphatic imine (C=N–C) groups is 1. The van der Waals surface area contributed by atoms with Crippen LogP contribution in [0.4, 0.5) is 0 Å². The van der Waals surface area contributed by atoms with Crippen LogP contribution in [-0.4, -0.2) is 11.9 Å². The summed E-state index contributed by atoms with van der Waals surface area (Å²) in [5.41, 5.74) is 5.34. The molecule has 0 spiro atoms. The van der Waals surface area contributed by atoms with E-state index in [2.05, 4.69) is 4.99 Å². The lowest BCUT2D eigenvalue weighted by Gasteiger charge is -2.10. The van der Waals surface area contributed by atoms with Crippen LogP contribution in [0.15, 0.2) is 4.99 Å². The van der Waals surface area contributed by atoms with Crippen molar-refractivity contribution < 1.29 is 0 Å². The molecule has 0 aliphatic carbocycles. The maximum atomic E-state index is 5.58. The monoisotopic (exact) mass is 98.1 g/mol. The van der Waals surface area contributed by atoms with Gasteiger partial charge in [0.05, 0.1) is 0 Å². The van der Waals surface area contributed by atoms with E-state index >= 15 is 0 Å². The van der Waals surface area contributed by atoms with Crippen molar-refractivity contribution in [3.63, 3.8) is 0 Å². The second-order valence-corrected chi connectivity index (χ2v) is 2.21. The minimum atomic E-state index is -0.236. The Morgan fingerprint density at radius 2 is 2.57 bits per heavy atom. The van der Waals surface area contributed by atoms with Crippen molar-refractivity contribution in [1.29, 1.82) is 0 Å². The fraction of sp³-hybridized carbons (Fsp3) is 0.800. The Balaban J connectivity index is 2.57. The van der Waals surface area contributed by atoms with Gasteiger partial charge < -0.3 is 5.73 Å². The molecule has 7 heavy (non-hydrogen) atoms. The van der Waals surface area contributed by atoms with Crippen LogP contribution in [-0.2, 0) is 0 Å². The Morgan fingerprint density at radius 3 is 2.71 bits per heavy atom. The third-order valence-electron chi connectivity index (χ3n) is 1.17. The first kappa shape index (κ1) is 4.78. The van der Waals surface area contributed by atoms with Gasteiger partial charge in [0.2, 0.25) is 0 Å². The van der Waals surface area contributed by atoms with E-state index in [1.807, 2.05) is 13.1 Å². The maximum Gasteiger partial charge on any atom is 0.105 e. The van der Waals surface area contributed by atoms with Gasteiger partial charge in [-0.1, -0.05) is 0 Å². The molecule has 0 aromatic carbocycles. The number of hydrogen-bond donors (Lipinski definition) is 1. The number of hydrogen-bond acceptors (Lipinski definition) is 2. The zero-order chi connectivity index (χ0) is 5.33. The average Bonchev–Trinajstić information content (AvgIpc) is 1.84. The van der Waals surface area contributed by atoms with E-state index in [9.17, 15) is 0 Å². The zero-order valence-corrected chi connectivity index (χ0v) is 4.52. The normalized spacial score (nSPS) is 39.7. The second-order valence-electron chi connectivity index (χ2n) is 2.21. The van der Waals surface area contributed by atoms with Crippen LogP contribution in [0.5, 0.6) is 0 Å². The van der Waals surface area contributed by atoms with Crippen molar-refractivity contribution in [2.45, 2.75) is 25.4 Å². The smallest absolute Gasteiger partial charge is 0.105 e. The fourth-order valence-electron chi connectivity index (χ4n) is 0.694. The molecule has 2 nitrogen and oxygen atoms in total. The molecule has 0 aromatic heterocycles. The van der Waals surface area contributed by atoms with Crippen molar-refractivity contribution in [2.24, 2.45) is 10.7 Å². The Morgan fingerprint density at radius 1 is 1.86 bits per heavy atom. The number of nitrogens with two attached hydrogens (primary N) is 1. The molecule has 1 rings (SSSR count). The van der Waals surface area contributed by atoms with Gasteiger partial charge in [0.15, 0.2) is 0 Å². The topological polar surface area (TPSA) is 38.4 Å². The van der Waals surface area contributed by atoms with E-state index in [0.29, 0.717) is 0 Å². The molecule has 1 aliphatic rings. The van der Waals surface area contributed by atoms with Gasteiger partial charge in [-0.2, -0.15) is 0 Å².